The first-order valence-corrected chi connectivity index (χ1v) is 5.61. The smallest absolute Gasteiger partial charge is 0.167 e. The zero-order chi connectivity index (χ0) is 11.8. The Morgan fingerprint density at radius 1 is 1.31 bits per heavy atom. The molecule has 3 heteroatoms. The highest BCUT2D eigenvalue weighted by molar-refractivity contribution is 5.81. The molecule has 0 aliphatic heterocycles. The molecule has 1 heterocycles. The average Bonchev–Trinajstić information content (AvgIpc) is 2.60. The second-order valence-electron chi connectivity index (χ2n) is 5.15. The molecular weight excluding hydrogens is 200 g/mol. The summed E-state index contributed by atoms with van der Waals surface area (Å²) in [6, 6.07) is 6.21. The number of fused-ring (bicyclic) bond motifs is 1. The van der Waals surface area contributed by atoms with E-state index in [1.807, 2.05) is 6.07 Å². The lowest BCUT2D eigenvalue weighted by Gasteiger charge is -2.14. The molecule has 1 aromatic carbocycles. The van der Waals surface area contributed by atoms with Crippen molar-refractivity contribution >= 4 is 11.0 Å². The Kier molecular flexibility index (Phi) is 2.72. The van der Waals surface area contributed by atoms with Crippen LogP contribution in [0.15, 0.2) is 22.7 Å². The number of nitrogens with zero attached hydrogens (tertiary/aromatic N) is 1. The predicted octanol–water partition coefficient (Wildman–Crippen LogP) is 2.63. The van der Waals surface area contributed by atoms with Gasteiger partial charge in [0.25, 0.3) is 0 Å². The number of benzene rings is 1. The maximum absolute atomic E-state index is 5.53. The van der Waals surface area contributed by atoms with Crippen LogP contribution in [0.5, 0.6) is 0 Å². The molecule has 0 saturated carbocycles. The van der Waals surface area contributed by atoms with Crippen molar-refractivity contribution in [1.29, 1.82) is 0 Å². The van der Waals surface area contributed by atoms with Gasteiger partial charge in [-0.3, -0.25) is 0 Å². The van der Waals surface area contributed by atoms with Crippen molar-refractivity contribution < 1.29 is 4.52 Å². The van der Waals surface area contributed by atoms with Crippen molar-refractivity contribution in [3.05, 3.63) is 29.5 Å². The zero-order valence-corrected chi connectivity index (χ0v) is 10.1. The highest BCUT2D eigenvalue weighted by atomic mass is 16.5. The van der Waals surface area contributed by atoms with E-state index in [0.29, 0.717) is 6.54 Å². The number of aromatic nitrogens is 1. The van der Waals surface area contributed by atoms with Gasteiger partial charge in [-0.1, -0.05) is 32.0 Å². The van der Waals surface area contributed by atoms with Crippen molar-refractivity contribution in [3.8, 4) is 0 Å². The van der Waals surface area contributed by atoms with Gasteiger partial charge in [0.15, 0.2) is 5.58 Å². The summed E-state index contributed by atoms with van der Waals surface area (Å²) in [5.74, 6) is 0. The minimum atomic E-state index is 0.0145. The summed E-state index contributed by atoms with van der Waals surface area (Å²) in [7, 11) is 0. The van der Waals surface area contributed by atoms with E-state index < -0.39 is 0 Å². The third-order valence-electron chi connectivity index (χ3n) is 2.68. The van der Waals surface area contributed by atoms with Crippen molar-refractivity contribution in [2.75, 3.05) is 6.54 Å². The van der Waals surface area contributed by atoms with Gasteiger partial charge >= 0.3 is 0 Å². The van der Waals surface area contributed by atoms with Crippen molar-refractivity contribution in [2.24, 2.45) is 5.73 Å². The summed E-state index contributed by atoms with van der Waals surface area (Å²) in [5.41, 5.74) is 8.62. The summed E-state index contributed by atoms with van der Waals surface area (Å²) in [5, 5.41) is 5.27. The normalized spacial score (nSPS) is 12.2. The fourth-order valence-corrected chi connectivity index (χ4v) is 1.85. The molecule has 86 valence electrons. The van der Waals surface area contributed by atoms with Crippen LogP contribution < -0.4 is 5.73 Å². The molecule has 0 spiro atoms. The van der Waals surface area contributed by atoms with E-state index in [1.165, 1.54) is 5.56 Å². The van der Waals surface area contributed by atoms with E-state index in [9.17, 15) is 0 Å². The Labute approximate surface area is 95.6 Å². The monoisotopic (exact) mass is 218 g/mol. The number of hydrogen-bond acceptors (Lipinski definition) is 3. The quantitative estimate of drug-likeness (QED) is 0.843. The molecule has 16 heavy (non-hydrogen) atoms. The molecule has 0 amide bonds. The molecule has 0 saturated heterocycles. The number of rotatable bonds is 2. The van der Waals surface area contributed by atoms with E-state index in [0.717, 1.165) is 23.1 Å². The van der Waals surface area contributed by atoms with Gasteiger partial charge in [-0.05, 0) is 30.7 Å². The Morgan fingerprint density at radius 3 is 2.69 bits per heavy atom. The van der Waals surface area contributed by atoms with Crippen LogP contribution in [0.25, 0.3) is 11.0 Å². The maximum Gasteiger partial charge on any atom is 0.167 e. The van der Waals surface area contributed by atoms with E-state index in [2.05, 4.69) is 38.1 Å². The summed E-state index contributed by atoms with van der Waals surface area (Å²) in [6.45, 7) is 7.07. The molecule has 3 nitrogen and oxygen atoms in total. The van der Waals surface area contributed by atoms with Crippen LogP contribution in [0, 0.1) is 0 Å². The summed E-state index contributed by atoms with van der Waals surface area (Å²) >= 11 is 0. The van der Waals surface area contributed by atoms with Crippen LogP contribution in [0.1, 0.15) is 32.0 Å². The molecule has 2 N–H and O–H groups in total. The molecular formula is C13H18N2O. The van der Waals surface area contributed by atoms with Crippen LogP contribution in [-0.2, 0) is 11.8 Å². The SMILES string of the molecule is CC(C)(C)c1noc2cc(CCN)ccc12. The highest BCUT2D eigenvalue weighted by Gasteiger charge is 2.21. The predicted molar refractivity (Wildman–Crippen MR) is 65.5 cm³/mol. The molecule has 1 aromatic heterocycles. The van der Waals surface area contributed by atoms with E-state index >= 15 is 0 Å². The summed E-state index contributed by atoms with van der Waals surface area (Å²) < 4.78 is 5.37. The van der Waals surface area contributed by atoms with Gasteiger partial charge in [0.1, 0.15) is 0 Å². The highest BCUT2D eigenvalue weighted by Crippen LogP contribution is 2.29. The van der Waals surface area contributed by atoms with Crippen molar-refractivity contribution in [2.45, 2.75) is 32.6 Å². The molecule has 0 radical (unpaired) electrons. The lowest BCUT2D eigenvalue weighted by atomic mass is 9.90. The largest absolute Gasteiger partial charge is 0.356 e. The number of nitrogens with two attached hydrogens (primary N) is 1. The Bertz CT molecular complexity index is 494. The van der Waals surface area contributed by atoms with Crippen LogP contribution >= 0.6 is 0 Å². The lowest BCUT2D eigenvalue weighted by Crippen LogP contribution is -2.11. The lowest BCUT2D eigenvalue weighted by molar-refractivity contribution is 0.419. The zero-order valence-electron chi connectivity index (χ0n) is 10.1. The topological polar surface area (TPSA) is 52.0 Å². The van der Waals surface area contributed by atoms with Crippen molar-refractivity contribution in [1.82, 2.24) is 5.16 Å². The Hall–Kier alpha value is -1.35. The third kappa shape index (κ3) is 1.95. The molecule has 0 atom stereocenters. The standard InChI is InChI=1S/C13H18N2O/c1-13(2,3)12-10-5-4-9(6-7-14)8-11(10)16-15-12/h4-5,8H,6-7,14H2,1-3H3. The van der Waals surface area contributed by atoms with Gasteiger partial charge in [0.2, 0.25) is 0 Å². The van der Waals surface area contributed by atoms with Crippen molar-refractivity contribution in [3.63, 3.8) is 0 Å². The molecule has 2 aromatic rings. The Morgan fingerprint density at radius 2 is 2.06 bits per heavy atom. The summed E-state index contributed by atoms with van der Waals surface area (Å²) in [4.78, 5) is 0. The second kappa shape index (κ2) is 3.91. The number of hydrogen-bond donors (Lipinski definition) is 1. The maximum atomic E-state index is 5.53. The Balaban J connectivity index is 2.51. The van der Waals surface area contributed by atoms with Gasteiger partial charge in [0.05, 0.1) is 5.69 Å². The van der Waals surface area contributed by atoms with Gasteiger partial charge in [-0.2, -0.15) is 0 Å². The van der Waals surface area contributed by atoms with Gasteiger partial charge in [0, 0.05) is 10.8 Å². The first-order valence-electron chi connectivity index (χ1n) is 5.61. The van der Waals surface area contributed by atoms with Gasteiger partial charge in [-0.25, -0.2) is 0 Å². The molecule has 0 fully saturated rings. The second-order valence-corrected chi connectivity index (χ2v) is 5.15. The van der Waals surface area contributed by atoms with Gasteiger partial charge in [-0.15, -0.1) is 0 Å². The van der Waals surface area contributed by atoms with Crippen LogP contribution in [0.2, 0.25) is 0 Å². The van der Waals surface area contributed by atoms with E-state index in [4.69, 9.17) is 10.3 Å². The minimum Gasteiger partial charge on any atom is -0.356 e. The van der Waals surface area contributed by atoms with Gasteiger partial charge < -0.3 is 10.3 Å². The molecule has 0 aliphatic rings. The molecule has 2 rings (SSSR count). The van der Waals surface area contributed by atoms with Crippen LogP contribution in [-0.4, -0.2) is 11.7 Å². The molecule has 0 unspecified atom stereocenters. The van der Waals surface area contributed by atoms with Crippen LogP contribution in [0.4, 0.5) is 0 Å². The fourth-order valence-electron chi connectivity index (χ4n) is 1.85. The first-order chi connectivity index (χ1) is 7.52. The molecule has 0 bridgehead atoms. The van der Waals surface area contributed by atoms with E-state index in [1.54, 1.807) is 0 Å². The summed E-state index contributed by atoms with van der Waals surface area (Å²) in [6.07, 6.45) is 0.876. The molecule has 0 aliphatic carbocycles. The fraction of sp³-hybridized carbons (Fsp3) is 0.462. The average molecular weight is 218 g/mol. The van der Waals surface area contributed by atoms with Crippen LogP contribution in [0.3, 0.4) is 0 Å². The first kappa shape index (κ1) is 11.1. The minimum absolute atomic E-state index is 0.0145. The third-order valence-corrected chi connectivity index (χ3v) is 2.68. The van der Waals surface area contributed by atoms with E-state index in [-0.39, 0.29) is 5.41 Å².